The molecule has 0 saturated heterocycles. The van der Waals surface area contributed by atoms with E-state index in [9.17, 15) is 4.39 Å². The van der Waals surface area contributed by atoms with Crippen LogP contribution in [0.4, 0.5) is 4.39 Å². The SMILES string of the molecule is CC(C)=NOCCCCCCOc1c(C)cc(OC/C=C(\F)Cl)cc1Cl. The van der Waals surface area contributed by atoms with Gasteiger partial charge in [-0.15, -0.1) is 0 Å². The zero-order valence-electron chi connectivity index (χ0n) is 15.5. The Morgan fingerprint density at radius 3 is 2.42 bits per heavy atom. The lowest BCUT2D eigenvalue weighted by atomic mass is 10.2. The summed E-state index contributed by atoms with van der Waals surface area (Å²) in [5, 5.41) is 3.56. The Morgan fingerprint density at radius 2 is 1.81 bits per heavy atom. The van der Waals surface area contributed by atoms with Crippen LogP contribution in [-0.2, 0) is 4.84 Å². The van der Waals surface area contributed by atoms with E-state index < -0.39 is 5.29 Å². The monoisotopic (exact) mass is 405 g/mol. The molecule has 0 saturated carbocycles. The second-order valence-electron chi connectivity index (χ2n) is 5.99. The number of unbranched alkanes of at least 4 members (excludes halogenated alkanes) is 3. The van der Waals surface area contributed by atoms with Crippen molar-refractivity contribution in [2.45, 2.75) is 46.5 Å². The van der Waals surface area contributed by atoms with Crippen LogP contribution >= 0.6 is 23.2 Å². The van der Waals surface area contributed by atoms with Crippen LogP contribution in [0.15, 0.2) is 28.7 Å². The lowest BCUT2D eigenvalue weighted by Crippen LogP contribution is -2.01. The molecule has 0 aliphatic carbocycles. The fraction of sp³-hybridized carbons (Fsp3) is 0.526. The van der Waals surface area contributed by atoms with Crippen molar-refractivity contribution in [3.8, 4) is 11.5 Å². The molecule has 0 unspecified atom stereocenters. The van der Waals surface area contributed by atoms with Crippen LogP contribution < -0.4 is 9.47 Å². The molecule has 0 aromatic heterocycles. The molecule has 0 amide bonds. The van der Waals surface area contributed by atoms with Crippen molar-refractivity contribution in [2.75, 3.05) is 19.8 Å². The quantitative estimate of drug-likeness (QED) is 0.228. The van der Waals surface area contributed by atoms with Gasteiger partial charge in [0.25, 0.3) is 0 Å². The minimum Gasteiger partial charge on any atom is -0.492 e. The zero-order chi connectivity index (χ0) is 19.4. The second kappa shape index (κ2) is 12.8. The molecular weight excluding hydrogens is 380 g/mol. The third-order valence-corrected chi connectivity index (χ3v) is 3.75. The molecule has 0 heterocycles. The molecule has 26 heavy (non-hydrogen) atoms. The Kier molecular flexibility index (Phi) is 11.1. The molecule has 0 radical (unpaired) electrons. The average molecular weight is 406 g/mol. The first-order valence-corrected chi connectivity index (χ1v) is 9.35. The van der Waals surface area contributed by atoms with Crippen molar-refractivity contribution in [3.63, 3.8) is 0 Å². The van der Waals surface area contributed by atoms with Crippen molar-refractivity contribution in [1.82, 2.24) is 0 Å². The number of aryl methyl sites for hydroxylation is 1. The Bertz CT molecular complexity index is 590. The van der Waals surface area contributed by atoms with Gasteiger partial charge in [0, 0.05) is 12.1 Å². The minimum absolute atomic E-state index is 0.0398. The number of rotatable bonds is 12. The molecule has 1 aromatic rings. The van der Waals surface area contributed by atoms with Crippen LogP contribution in [0, 0.1) is 6.92 Å². The number of halogens is 3. The molecule has 0 bridgehead atoms. The summed E-state index contributed by atoms with van der Waals surface area (Å²) < 4.78 is 23.6. The van der Waals surface area contributed by atoms with Gasteiger partial charge in [-0.2, -0.15) is 4.39 Å². The predicted molar refractivity (Wildman–Crippen MR) is 105 cm³/mol. The lowest BCUT2D eigenvalue weighted by Gasteiger charge is -2.13. The van der Waals surface area contributed by atoms with Gasteiger partial charge in [0.1, 0.15) is 24.7 Å². The average Bonchev–Trinajstić information content (AvgIpc) is 2.54. The second-order valence-corrected chi connectivity index (χ2v) is 6.76. The highest BCUT2D eigenvalue weighted by Gasteiger charge is 2.09. The minimum atomic E-state index is -0.799. The Labute approximate surface area is 164 Å². The van der Waals surface area contributed by atoms with Gasteiger partial charge in [0.15, 0.2) is 5.29 Å². The van der Waals surface area contributed by atoms with Gasteiger partial charge < -0.3 is 14.3 Å². The van der Waals surface area contributed by atoms with Gasteiger partial charge in [-0.25, -0.2) is 0 Å². The van der Waals surface area contributed by atoms with E-state index >= 15 is 0 Å². The van der Waals surface area contributed by atoms with Gasteiger partial charge in [-0.3, -0.25) is 0 Å². The summed E-state index contributed by atoms with van der Waals surface area (Å²) in [5.41, 5.74) is 1.79. The molecular formula is C19H26Cl2FNO3. The van der Waals surface area contributed by atoms with Crippen molar-refractivity contribution >= 4 is 28.9 Å². The predicted octanol–water partition coefficient (Wildman–Crippen LogP) is 6.43. The van der Waals surface area contributed by atoms with Crippen molar-refractivity contribution in [3.05, 3.63) is 34.1 Å². The van der Waals surface area contributed by atoms with Gasteiger partial charge in [0.05, 0.1) is 17.3 Å². The summed E-state index contributed by atoms with van der Waals surface area (Å²) in [6.07, 6.45) is 5.15. The maximum Gasteiger partial charge on any atom is 0.188 e. The van der Waals surface area contributed by atoms with E-state index in [1.54, 1.807) is 12.1 Å². The summed E-state index contributed by atoms with van der Waals surface area (Å²) >= 11 is 11.4. The molecule has 0 spiro atoms. The Balaban J connectivity index is 2.30. The van der Waals surface area contributed by atoms with Gasteiger partial charge in [-0.05, 0) is 58.1 Å². The summed E-state index contributed by atoms with van der Waals surface area (Å²) in [5.74, 6) is 1.19. The topological polar surface area (TPSA) is 40.0 Å². The van der Waals surface area contributed by atoms with E-state index in [1.807, 2.05) is 20.8 Å². The zero-order valence-corrected chi connectivity index (χ0v) is 17.0. The highest BCUT2D eigenvalue weighted by atomic mass is 35.5. The van der Waals surface area contributed by atoms with Gasteiger partial charge in [0.2, 0.25) is 0 Å². The van der Waals surface area contributed by atoms with Crippen LogP contribution in [0.2, 0.25) is 5.02 Å². The van der Waals surface area contributed by atoms with E-state index in [-0.39, 0.29) is 6.61 Å². The number of benzene rings is 1. The van der Waals surface area contributed by atoms with Crippen molar-refractivity contribution in [2.24, 2.45) is 5.16 Å². The van der Waals surface area contributed by atoms with Crippen LogP contribution in [0.1, 0.15) is 45.1 Å². The first-order chi connectivity index (χ1) is 12.4. The summed E-state index contributed by atoms with van der Waals surface area (Å²) in [6, 6.07) is 3.45. The van der Waals surface area contributed by atoms with Gasteiger partial charge in [-0.1, -0.05) is 28.4 Å². The third kappa shape index (κ3) is 9.88. The number of nitrogens with zero attached hydrogens (tertiary/aromatic N) is 1. The molecule has 1 aromatic carbocycles. The fourth-order valence-corrected chi connectivity index (χ4v) is 2.51. The standard InChI is InChI=1S/C19H26Cl2FNO3/c1-14(2)23-26-10-7-5-4-6-9-25-19-15(3)12-16(13-17(19)20)24-11-8-18(21)22/h8,12-13H,4-7,9-11H2,1-3H3/b18-8-. The highest BCUT2D eigenvalue weighted by Crippen LogP contribution is 2.33. The molecule has 0 aliphatic rings. The summed E-state index contributed by atoms with van der Waals surface area (Å²) in [4.78, 5) is 5.15. The molecule has 0 fully saturated rings. The van der Waals surface area contributed by atoms with E-state index in [2.05, 4.69) is 5.16 Å². The maximum atomic E-state index is 12.4. The number of ether oxygens (including phenoxy) is 2. The molecule has 0 aliphatic heterocycles. The molecule has 1 rings (SSSR count). The summed E-state index contributed by atoms with van der Waals surface area (Å²) in [6.45, 7) is 6.97. The summed E-state index contributed by atoms with van der Waals surface area (Å²) in [7, 11) is 0. The molecule has 4 nitrogen and oxygen atoms in total. The molecule has 7 heteroatoms. The van der Waals surface area contributed by atoms with Crippen molar-refractivity contribution in [1.29, 1.82) is 0 Å². The van der Waals surface area contributed by atoms with Crippen LogP contribution in [0.3, 0.4) is 0 Å². The number of hydrogen-bond donors (Lipinski definition) is 0. The fourth-order valence-electron chi connectivity index (χ4n) is 2.14. The van der Waals surface area contributed by atoms with Crippen LogP contribution in [0.5, 0.6) is 11.5 Å². The largest absolute Gasteiger partial charge is 0.492 e. The van der Waals surface area contributed by atoms with E-state index in [0.717, 1.165) is 43.0 Å². The molecule has 146 valence electrons. The normalized spacial score (nSPS) is 11.2. The van der Waals surface area contributed by atoms with Gasteiger partial charge >= 0.3 is 0 Å². The van der Waals surface area contributed by atoms with E-state index in [1.165, 1.54) is 0 Å². The lowest BCUT2D eigenvalue weighted by molar-refractivity contribution is 0.139. The first kappa shape index (κ1) is 22.6. The molecule has 0 N–H and O–H groups in total. The highest BCUT2D eigenvalue weighted by molar-refractivity contribution is 6.32. The van der Waals surface area contributed by atoms with E-state index in [0.29, 0.717) is 29.7 Å². The smallest absolute Gasteiger partial charge is 0.188 e. The number of oxime groups is 1. The maximum absolute atomic E-state index is 12.4. The Hall–Kier alpha value is -1.46. The van der Waals surface area contributed by atoms with E-state index in [4.69, 9.17) is 37.5 Å². The Morgan fingerprint density at radius 1 is 1.12 bits per heavy atom. The number of hydrogen-bond acceptors (Lipinski definition) is 4. The molecule has 0 atom stereocenters. The third-order valence-electron chi connectivity index (χ3n) is 3.31. The van der Waals surface area contributed by atoms with Crippen LogP contribution in [0.25, 0.3) is 0 Å². The first-order valence-electron chi connectivity index (χ1n) is 8.60. The van der Waals surface area contributed by atoms with Crippen LogP contribution in [-0.4, -0.2) is 25.5 Å². The van der Waals surface area contributed by atoms with Crippen molar-refractivity contribution < 1.29 is 18.7 Å².